The number of sulfone groups is 1. The average Bonchev–Trinajstić information content (AvgIpc) is 2.93. The van der Waals surface area contributed by atoms with Gasteiger partial charge in [0.1, 0.15) is 10.9 Å². The third-order valence-corrected chi connectivity index (χ3v) is 7.01. The van der Waals surface area contributed by atoms with Crippen LogP contribution in [0.5, 0.6) is 0 Å². The van der Waals surface area contributed by atoms with Gasteiger partial charge in [-0.25, -0.2) is 22.2 Å². The molecular weight excluding hydrogens is 372 g/mol. The number of nitrogens with zero attached hydrogens (tertiary/aromatic N) is 3. The van der Waals surface area contributed by atoms with Gasteiger partial charge in [0.15, 0.2) is 9.84 Å². The first-order valence-corrected chi connectivity index (χ1v) is 11.0. The van der Waals surface area contributed by atoms with Gasteiger partial charge >= 0.3 is 0 Å². The number of hydrogen-bond acceptors (Lipinski definition) is 4. The summed E-state index contributed by atoms with van der Waals surface area (Å²) in [6.07, 6.45) is 2.20. The predicted molar refractivity (Wildman–Crippen MR) is 98.5 cm³/mol. The molecule has 0 aliphatic heterocycles. The summed E-state index contributed by atoms with van der Waals surface area (Å²) in [5, 5.41) is 8.39. The number of halogens is 2. The van der Waals surface area contributed by atoms with Crippen molar-refractivity contribution in [2.75, 3.05) is 6.26 Å². The molecule has 3 rings (SSSR count). The molecule has 0 saturated heterocycles. The van der Waals surface area contributed by atoms with Crippen LogP contribution in [0.25, 0.3) is 5.65 Å². The van der Waals surface area contributed by atoms with Crippen molar-refractivity contribution in [2.45, 2.75) is 57.1 Å². The van der Waals surface area contributed by atoms with E-state index in [0.717, 1.165) is 11.4 Å². The molecule has 1 saturated carbocycles. The highest BCUT2D eigenvalue weighted by molar-refractivity contribution is 7.90. The Labute approximate surface area is 157 Å². The SMILES string of the molecule is Cc1cc(C#N)cc2nc(C(C)S(C)(=O)=O)c(CC3CCC(F)(F)CC3)n12. The van der Waals surface area contributed by atoms with Crippen LogP contribution < -0.4 is 0 Å². The molecule has 0 bridgehead atoms. The second-order valence-electron chi connectivity index (χ2n) is 7.61. The molecule has 0 spiro atoms. The Morgan fingerprint density at radius 1 is 1.37 bits per heavy atom. The Kier molecular flexibility index (Phi) is 5.02. The van der Waals surface area contributed by atoms with Crippen molar-refractivity contribution in [3.05, 3.63) is 34.8 Å². The lowest BCUT2D eigenvalue weighted by atomic mass is 9.83. The van der Waals surface area contributed by atoms with Gasteiger partial charge in [0.2, 0.25) is 5.92 Å². The highest BCUT2D eigenvalue weighted by Gasteiger charge is 2.36. The molecular formula is C19H23F2N3O2S. The van der Waals surface area contributed by atoms with E-state index >= 15 is 0 Å². The van der Waals surface area contributed by atoms with E-state index in [9.17, 15) is 22.5 Å². The minimum atomic E-state index is -3.37. The number of pyridine rings is 1. The standard InChI is InChI=1S/C19H23F2N3O2S/c1-12-8-15(11-22)10-17-23-18(13(2)27(3,25)26)16(24(12)17)9-14-4-6-19(20,21)7-5-14/h8,10,13-14H,4-7,9H2,1-3H3. The van der Waals surface area contributed by atoms with Gasteiger partial charge in [0, 0.05) is 30.5 Å². The number of aromatic nitrogens is 2. The van der Waals surface area contributed by atoms with Crippen LogP contribution in [0.1, 0.15) is 60.5 Å². The van der Waals surface area contributed by atoms with Crippen molar-refractivity contribution >= 4 is 15.5 Å². The van der Waals surface area contributed by atoms with Gasteiger partial charge in [-0.3, -0.25) is 0 Å². The Morgan fingerprint density at radius 2 is 2.00 bits per heavy atom. The lowest BCUT2D eigenvalue weighted by Gasteiger charge is -2.28. The first-order chi connectivity index (χ1) is 12.5. The average molecular weight is 395 g/mol. The van der Waals surface area contributed by atoms with E-state index in [1.165, 1.54) is 6.26 Å². The Morgan fingerprint density at radius 3 is 2.56 bits per heavy atom. The highest BCUT2D eigenvalue weighted by Crippen LogP contribution is 2.39. The first-order valence-electron chi connectivity index (χ1n) is 9.00. The van der Waals surface area contributed by atoms with Gasteiger partial charge in [0.05, 0.1) is 17.3 Å². The van der Waals surface area contributed by atoms with E-state index in [0.29, 0.717) is 36.2 Å². The van der Waals surface area contributed by atoms with Crippen molar-refractivity contribution < 1.29 is 17.2 Å². The third kappa shape index (κ3) is 3.98. The molecule has 0 radical (unpaired) electrons. The lowest BCUT2D eigenvalue weighted by molar-refractivity contribution is -0.0457. The second-order valence-corrected chi connectivity index (χ2v) is 9.98. The highest BCUT2D eigenvalue weighted by atomic mass is 32.2. The number of fused-ring (bicyclic) bond motifs is 1. The topological polar surface area (TPSA) is 75.2 Å². The molecule has 1 unspecified atom stereocenters. The Bertz CT molecular complexity index is 1010. The molecule has 2 aromatic heterocycles. The summed E-state index contributed by atoms with van der Waals surface area (Å²) in [4.78, 5) is 4.53. The molecule has 0 amide bonds. The van der Waals surface area contributed by atoms with Crippen LogP contribution in [0.2, 0.25) is 0 Å². The van der Waals surface area contributed by atoms with Crippen LogP contribution >= 0.6 is 0 Å². The van der Waals surface area contributed by atoms with Gasteiger partial charge in [-0.1, -0.05) is 0 Å². The summed E-state index contributed by atoms with van der Waals surface area (Å²) in [6.45, 7) is 3.43. The quantitative estimate of drug-likeness (QED) is 0.784. The van der Waals surface area contributed by atoms with E-state index in [-0.39, 0.29) is 18.8 Å². The zero-order valence-electron chi connectivity index (χ0n) is 15.7. The van der Waals surface area contributed by atoms with Crippen molar-refractivity contribution in [2.24, 2.45) is 5.92 Å². The fourth-order valence-electron chi connectivity index (χ4n) is 3.82. The second kappa shape index (κ2) is 6.86. The molecule has 2 aromatic rings. The Hall–Kier alpha value is -2.01. The molecule has 5 nitrogen and oxygen atoms in total. The molecule has 146 valence electrons. The molecule has 0 N–H and O–H groups in total. The van der Waals surface area contributed by atoms with Crippen LogP contribution in [0.4, 0.5) is 8.78 Å². The number of rotatable bonds is 4. The molecule has 2 heterocycles. The molecule has 1 aliphatic rings. The van der Waals surface area contributed by atoms with Crippen LogP contribution in [0.3, 0.4) is 0 Å². The Balaban J connectivity index is 2.09. The minimum Gasteiger partial charge on any atom is -0.301 e. The molecule has 8 heteroatoms. The first kappa shape index (κ1) is 19.7. The molecule has 1 aliphatic carbocycles. The maximum absolute atomic E-state index is 13.5. The monoisotopic (exact) mass is 395 g/mol. The fourth-order valence-corrected chi connectivity index (χ4v) is 4.41. The van der Waals surface area contributed by atoms with Crippen LogP contribution in [0.15, 0.2) is 12.1 Å². The van der Waals surface area contributed by atoms with Crippen LogP contribution in [-0.4, -0.2) is 30.0 Å². The van der Waals surface area contributed by atoms with E-state index in [4.69, 9.17) is 0 Å². The molecule has 0 aromatic carbocycles. The fraction of sp³-hybridized carbons (Fsp3) is 0.579. The van der Waals surface area contributed by atoms with Crippen molar-refractivity contribution in [3.8, 4) is 6.07 Å². The molecule has 1 fully saturated rings. The van der Waals surface area contributed by atoms with Crippen molar-refractivity contribution in [1.29, 1.82) is 5.26 Å². The van der Waals surface area contributed by atoms with E-state index in [1.54, 1.807) is 19.1 Å². The minimum absolute atomic E-state index is 0.0603. The normalized spacial score (nSPS) is 19.1. The van der Waals surface area contributed by atoms with Gasteiger partial charge in [-0.15, -0.1) is 0 Å². The van der Waals surface area contributed by atoms with E-state index in [2.05, 4.69) is 11.1 Å². The largest absolute Gasteiger partial charge is 0.301 e. The van der Waals surface area contributed by atoms with Gasteiger partial charge in [-0.2, -0.15) is 5.26 Å². The lowest BCUT2D eigenvalue weighted by Crippen LogP contribution is -2.26. The summed E-state index contributed by atoms with van der Waals surface area (Å²) in [5.41, 5.74) is 2.95. The smallest absolute Gasteiger partial charge is 0.248 e. The summed E-state index contributed by atoms with van der Waals surface area (Å²) >= 11 is 0. The van der Waals surface area contributed by atoms with Gasteiger partial charge in [0.25, 0.3) is 0 Å². The van der Waals surface area contributed by atoms with Crippen molar-refractivity contribution in [3.63, 3.8) is 0 Å². The predicted octanol–water partition coefficient (Wildman–Crippen LogP) is 3.99. The van der Waals surface area contributed by atoms with Crippen LogP contribution in [0, 0.1) is 24.2 Å². The number of aryl methyl sites for hydroxylation is 1. The zero-order chi connectivity index (χ0) is 20.0. The molecule has 27 heavy (non-hydrogen) atoms. The maximum atomic E-state index is 13.5. The third-order valence-electron chi connectivity index (χ3n) is 5.51. The summed E-state index contributed by atoms with van der Waals surface area (Å²) in [5.74, 6) is -2.54. The number of alkyl halides is 2. The zero-order valence-corrected chi connectivity index (χ0v) is 16.5. The number of imidazole rings is 1. The van der Waals surface area contributed by atoms with E-state index < -0.39 is 21.0 Å². The summed E-state index contributed by atoms with van der Waals surface area (Å²) < 4.78 is 53.1. The maximum Gasteiger partial charge on any atom is 0.248 e. The van der Waals surface area contributed by atoms with Gasteiger partial charge in [-0.05, 0) is 51.2 Å². The number of hydrogen-bond donors (Lipinski definition) is 0. The van der Waals surface area contributed by atoms with Crippen LogP contribution in [-0.2, 0) is 16.3 Å². The summed E-state index contributed by atoms with van der Waals surface area (Å²) in [7, 11) is -3.37. The van der Waals surface area contributed by atoms with Gasteiger partial charge < -0.3 is 4.40 Å². The molecule has 1 atom stereocenters. The van der Waals surface area contributed by atoms with E-state index in [1.807, 2.05) is 11.3 Å². The van der Waals surface area contributed by atoms with Crippen molar-refractivity contribution in [1.82, 2.24) is 9.38 Å². The summed E-state index contributed by atoms with van der Waals surface area (Å²) in [6, 6.07) is 5.44. The number of nitriles is 1.